The first-order valence-electron chi connectivity index (χ1n) is 10.6. The van der Waals surface area contributed by atoms with Crippen molar-refractivity contribution in [2.45, 2.75) is 45.1 Å². The molecule has 2 aliphatic rings. The van der Waals surface area contributed by atoms with Gasteiger partial charge >= 0.3 is 0 Å². The van der Waals surface area contributed by atoms with Crippen LogP contribution >= 0.6 is 34.5 Å². The third-order valence-electron chi connectivity index (χ3n) is 6.13. The number of carbonyl (C=O) groups is 2. The molecule has 2 amide bonds. The lowest BCUT2D eigenvalue weighted by Crippen LogP contribution is -2.48. The highest BCUT2D eigenvalue weighted by Gasteiger charge is 2.36. The molecule has 1 unspecified atom stereocenters. The van der Waals surface area contributed by atoms with E-state index in [-0.39, 0.29) is 30.3 Å². The molecule has 1 fully saturated rings. The maximum Gasteiger partial charge on any atom is 0.242 e. The van der Waals surface area contributed by atoms with Crippen LogP contribution in [-0.2, 0) is 16.0 Å². The zero-order valence-electron chi connectivity index (χ0n) is 17.1. The second kappa shape index (κ2) is 9.29. The topological polar surface area (TPSA) is 40.6 Å². The summed E-state index contributed by atoms with van der Waals surface area (Å²) in [6.45, 7) is 3.41. The summed E-state index contributed by atoms with van der Waals surface area (Å²) in [7, 11) is 0. The first kappa shape index (κ1) is 21.7. The Bertz CT molecular complexity index is 941. The van der Waals surface area contributed by atoms with Crippen LogP contribution in [0.4, 0.5) is 0 Å². The standard InChI is InChI=1S/C23H26Cl2N2O2S/c1-2-10-26(23(29)15-4-3-5-15)14-21(28)27-11-8-20-18(9-12-30-20)22(27)17-7-6-16(24)13-19(17)25/h6-7,9,12-13,15,22H,2-5,8,10-11,14H2,1H3. The lowest BCUT2D eigenvalue weighted by molar-refractivity contribution is -0.145. The molecular weight excluding hydrogens is 439 g/mol. The predicted octanol–water partition coefficient (Wildman–Crippen LogP) is 5.57. The maximum atomic E-state index is 13.5. The van der Waals surface area contributed by atoms with Crippen molar-refractivity contribution in [2.24, 2.45) is 5.92 Å². The van der Waals surface area contributed by atoms with Crippen LogP contribution in [0.1, 0.15) is 54.7 Å². The van der Waals surface area contributed by atoms with E-state index in [9.17, 15) is 9.59 Å². The van der Waals surface area contributed by atoms with Crippen LogP contribution in [0.3, 0.4) is 0 Å². The quantitative estimate of drug-likeness (QED) is 0.560. The van der Waals surface area contributed by atoms with E-state index in [2.05, 4.69) is 11.4 Å². The van der Waals surface area contributed by atoms with Gasteiger partial charge in [-0.05, 0) is 60.4 Å². The van der Waals surface area contributed by atoms with E-state index in [0.29, 0.717) is 23.1 Å². The van der Waals surface area contributed by atoms with E-state index in [1.165, 1.54) is 4.88 Å². The van der Waals surface area contributed by atoms with Gasteiger partial charge in [-0.15, -0.1) is 11.3 Å². The lowest BCUT2D eigenvalue weighted by Gasteiger charge is -2.38. The van der Waals surface area contributed by atoms with Crippen LogP contribution in [0.2, 0.25) is 10.0 Å². The minimum absolute atomic E-state index is 0.0241. The van der Waals surface area contributed by atoms with E-state index in [4.69, 9.17) is 23.2 Å². The van der Waals surface area contributed by atoms with Gasteiger partial charge in [-0.3, -0.25) is 9.59 Å². The highest BCUT2D eigenvalue weighted by atomic mass is 35.5. The smallest absolute Gasteiger partial charge is 0.242 e. The SMILES string of the molecule is CCCN(CC(=O)N1CCc2sccc2C1c1ccc(Cl)cc1Cl)C(=O)C1CCC1. The number of thiophene rings is 1. The Morgan fingerprint density at radius 3 is 2.67 bits per heavy atom. The third kappa shape index (κ3) is 4.25. The van der Waals surface area contributed by atoms with E-state index in [1.807, 2.05) is 24.0 Å². The number of carbonyl (C=O) groups excluding carboxylic acids is 2. The molecule has 1 saturated carbocycles. The van der Waals surface area contributed by atoms with Gasteiger partial charge in [0.15, 0.2) is 0 Å². The summed E-state index contributed by atoms with van der Waals surface area (Å²) < 4.78 is 0. The molecule has 1 aliphatic heterocycles. The Morgan fingerprint density at radius 2 is 2.00 bits per heavy atom. The summed E-state index contributed by atoms with van der Waals surface area (Å²) >= 11 is 14.4. The molecule has 0 radical (unpaired) electrons. The molecule has 30 heavy (non-hydrogen) atoms. The van der Waals surface area contributed by atoms with E-state index >= 15 is 0 Å². The van der Waals surface area contributed by atoms with Gasteiger partial charge in [-0.2, -0.15) is 0 Å². The Kier molecular flexibility index (Phi) is 6.71. The fourth-order valence-electron chi connectivity index (χ4n) is 4.35. The molecule has 4 nitrogen and oxygen atoms in total. The Morgan fingerprint density at radius 1 is 1.20 bits per heavy atom. The Balaban J connectivity index is 1.62. The van der Waals surface area contributed by atoms with Crippen LogP contribution in [0.5, 0.6) is 0 Å². The number of amides is 2. The third-order valence-corrected chi connectivity index (χ3v) is 7.69. The number of hydrogen-bond acceptors (Lipinski definition) is 3. The number of halogens is 2. The molecule has 0 bridgehead atoms. The molecule has 0 N–H and O–H groups in total. The summed E-state index contributed by atoms with van der Waals surface area (Å²) in [6, 6.07) is 7.28. The Hall–Kier alpha value is -1.56. The molecule has 0 spiro atoms. The second-order valence-electron chi connectivity index (χ2n) is 8.09. The van der Waals surface area contributed by atoms with Crippen molar-refractivity contribution in [3.63, 3.8) is 0 Å². The molecule has 4 rings (SSSR count). The van der Waals surface area contributed by atoms with Crippen molar-refractivity contribution in [2.75, 3.05) is 19.6 Å². The number of rotatable bonds is 6. The van der Waals surface area contributed by atoms with Crippen molar-refractivity contribution in [1.82, 2.24) is 9.80 Å². The van der Waals surface area contributed by atoms with Crippen molar-refractivity contribution in [3.8, 4) is 0 Å². The van der Waals surface area contributed by atoms with Gasteiger partial charge in [0, 0.05) is 33.9 Å². The number of hydrogen-bond donors (Lipinski definition) is 0. The van der Waals surface area contributed by atoms with Gasteiger partial charge in [0.1, 0.15) is 0 Å². The van der Waals surface area contributed by atoms with Crippen molar-refractivity contribution >= 4 is 46.4 Å². The van der Waals surface area contributed by atoms with Crippen molar-refractivity contribution < 1.29 is 9.59 Å². The number of benzene rings is 1. The van der Waals surface area contributed by atoms with Gasteiger partial charge in [-0.25, -0.2) is 0 Å². The fraction of sp³-hybridized carbons (Fsp3) is 0.478. The van der Waals surface area contributed by atoms with Crippen LogP contribution in [0.15, 0.2) is 29.6 Å². The summed E-state index contributed by atoms with van der Waals surface area (Å²) in [5.74, 6) is 0.199. The van der Waals surface area contributed by atoms with Crippen LogP contribution in [0.25, 0.3) is 0 Å². The molecule has 1 aromatic heterocycles. The van der Waals surface area contributed by atoms with Crippen molar-refractivity contribution in [1.29, 1.82) is 0 Å². The minimum atomic E-state index is -0.250. The number of fused-ring (bicyclic) bond motifs is 1. The van der Waals surface area contributed by atoms with Gasteiger partial charge in [-0.1, -0.05) is 42.6 Å². The molecule has 1 aromatic carbocycles. The van der Waals surface area contributed by atoms with Crippen LogP contribution < -0.4 is 0 Å². The zero-order chi connectivity index (χ0) is 21.3. The van der Waals surface area contributed by atoms with Gasteiger partial charge < -0.3 is 9.80 Å². The molecule has 1 atom stereocenters. The molecule has 2 aromatic rings. The fourth-order valence-corrected chi connectivity index (χ4v) is 5.76. The molecule has 2 heterocycles. The molecule has 1 aliphatic carbocycles. The summed E-state index contributed by atoms with van der Waals surface area (Å²) in [6.07, 6.45) is 4.66. The van der Waals surface area contributed by atoms with E-state index in [0.717, 1.165) is 43.2 Å². The highest BCUT2D eigenvalue weighted by molar-refractivity contribution is 7.10. The average Bonchev–Trinajstić information content (AvgIpc) is 3.14. The van der Waals surface area contributed by atoms with E-state index < -0.39 is 0 Å². The molecular formula is C23H26Cl2N2O2S. The van der Waals surface area contributed by atoms with Gasteiger partial charge in [0.05, 0.1) is 12.6 Å². The molecule has 160 valence electrons. The highest BCUT2D eigenvalue weighted by Crippen LogP contribution is 2.41. The van der Waals surface area contributed by atoms with Gasteiger partial charge in [0.25, 0.3) is 0 Å². The zero-order valence-corrected chi connectivity index (χ0v) is 19.4. The largest absolute Gasteiger partial charge is 0.333 e. The molecule has 7 heteroatoms. The second-order valence-corrected chi connectivity index (χ2v) is 9.94. The monoisotopic (exact) mass is 464 g/mol. The van der Waals surface area contributed by atoms with E-state index in [1.54, 1.807) is 22.3 Å². The summed E-state index contributed by atoms with van der Waals surface area (Å²) in [4.78, 5) is 31.3. The predicted molar refractivity (Wildman–Crippen MR) is 122 cm³/mol. The number of nitrogens with zero attached hydrogens (tertiary/aromatic N) is 2. The van der Waals surface area contributed by atoms with Crippen LogP contribution in [-0.4, -0.2) is 41.2 Å². The first-order valence-corrected chi connectivity index (χ1v) is 12.2. The maximum absolute atomic E-state index is 13.5. The lowest BCUT2D eigenvalue weighted by atomic mass is 9.84. The summed E-state index contributed by atoms with van der Waals surface area (Å²) in [5, 5.41) is 3.20. The Labute approximate surface area is 191 Å². The van der Waals surface area contributed by atoms with Crippen molar-refractivity contribution in [3.05, 3.63) is 55.7 Å². The molecule has 0 saturated heterocycles. The minimum Gasteiger partial charge on any atom is -0.333 e. The normalized spacial score (nSPS) is 18.6. The van der Waals surface area contributed by atoms with Crippen LogP contribution in [0, 0.1) is 5.92 Å². The summed E-state index contributed by atoms with van der Waals surface area (Å²) in [5.41, 5.74) is 2.00. The average molecular weight is 465 g/mol. The first-order chi connectivity index (χ1) is 14.5. The van der Waals surface area contributed by atoms with Gasteiger partial charge in [0.2, 0.25) is 11.8 Å².